The highest BCUT2D eigenvalue weighted by molar-refractivity contribution is 7.92. The summed E-state index contributed by atoms with van der Waals surface area (Å²) in [6.45, 7) is 9.38. The zero-order valence-electron chi connectivity index (χ0n) is 16.6. The molecule has 10 heteroatoms. The molecule has 2 rings (SSSR count). The number of halogens is 2. The molecule has 0 aromatic heterocycles. The van der Waals surface area contributed by atoms with Crippen LogP contribution in [0.1, 0.15) is 32.3 Å². The van der Waals surface area contributed by atoms with Gasteiger partial charge in [-0.3, -0.25) is 0 Å². The van der Waals surface area contributed by atoms with E-state index in [0.717, 1.165) is 5.41 Å². The molecule has 0 spiro atoms. The summed E-state index contributed by atoms with van der Waals surface area (Å²) < 4.78 is 32.5. The van der Waals surface area contributed by atoms with Crippen LogP contribution in [0, 0.1) is 5.41 Å². The van der Waals surface area contributed by atoms with E-state index in [1.807, 2.05) is 20.8 Å². The highest BCUT2D eigenvalue weighted by atomic mass is 35.5. The van der Waals surface area contributed by atoms with Crippen LogP contribution in [-0.4, -0.2) is 56.4 Å². The average molecular weight is 465 g/mol. The molecule has 0 radical (unpaired) electrons. The predicted molar refractivity (Wildman–Crippen MR) is 114 cm³/mol. The van der Waals surface area contributed by atoms with Gasteiger partial charge in [-0.1, -0.05) is 56.6 Å². The number of amides is 1. The second-order valence-electron chi connectivity index (χ2n) is 8.06. The second kappa shape index (κ2) is 9.22. The van der Waals surface area contributed by atoms with Crippen molar-refractivity contribution in [3.05, 3.63) is 45.8 Å². The number of carboxylic acid groups (broad SMARTS) is 1. The van der Waals surface area contributed by atoms with Crippen molar-refractivity contribution in [1.29, 1.82) is 0 Å². The van der Waals surface area contributed by atoms with Crippen molar-refractivity contribution < 1.29 is 23.1 Å². The Morgan fingerprint density at radius 3 is 2.52 bits per heavy atom. The maximum absolute atomic E-state index is 11.9. The van der Waals surface area contributed by atoms with E-state index >= 15 is 0 Å². The van der Waals surface area contributed by atoms with Gasteiger partial charge in [0, 0.05) is 24.4 Å². The average Bonchev–Trinajstić information content (AvgIpc) is 2.82. The topological polar surface area (TPSA) is 95.9 Å². The van der Waals surface area contributed by atoms with Crippen LogP contribution in [-0.2, 0) is 14.8 Å². The molecule has 162 valence electrons. The van der Waals surface area contributed by atoms with E-state index in [1.165, 1.54) is 4.90 Å². The summed E-state index contributed by atoms with van der Waals surface area (Å²) in [5.74, 6) is -0.458. The lowest BCUT2D eigenvalue weighted by Gasteiger charge is -2.34. The summed E-state index contributed by atoms with van der Waals surface area (Å²) >= 11 is 12.2. The van der Waals surface area contributed by atoms with Gasteiger partial charge in [-0.2, -0.15) is 0 Å². The largest absolute Gasteiger partial charge is 0.465 e. The molecule has 1 heterocycles. The number of ether oxygens (including phenoxy) is 1. The van der Waals surface area contributed by atoms with Gasteiger partial charge in [0.1, 0.15) is 0 Å². The number of carbonyl (C=O) groups is 1. The quantitative estimate of drug-likeness (QED) is 0.687. The van der Waals surface area contributed by atoms with E-state index in [0.29, 0.717) is 15.6 Å². The van der Waals surface area contributed by atoms with Crippen LogP contribution in [0.4, 0.5) is 4.79 Å². The van der Waals surface area contributed by atoms with E-state index in [1.54, 1.807) is 18.2 Å². The summed E-state index contributed by atoms with van der Waals surface area (Å²) in [5.41, 5.74) is 0.346. The van der Waals surface area contributed by atoms with Crippen molar-refractivity contribution in [2.24, 2.45) is 5.41 Å². The Labute approximate surface area is 181 Å². The molecule has 29 heavy (non-hydrogen) atoms. The number of benzene rings is 1. The van der Waals surface area contributed by atoms with Crippen molar-refractivity contribution in [2.75, 3.05) is 19.6 Å². The molecule has 1 aliphatic heterocycles. The van der Waals surface area contributed by atoms with Gasteiger partial charge < -0.3 is 14.7 Å². The number of nitrogens with zero attached hydrogens (tertiary/aromatic N) is 1. The van der Waals surface area contributed by atoms with Gasteiger partial charge in [0.05, 0.1) is 28.8 Å². The van der Waals surface area contributed by atoms with Crippen molar-refractivity contribution >= 4 is 39.3 Å². The molecule has 3 atom stereocenters. The van der Waals surface area contributed by atoms with Crippen LogP contribution < -0.4 is 4.72 Å². The lowest BCUT2D eigenvalue weighted by Crippen LogP contribution is -2.43. The van der Waals surface area contributed by atoms with Gasteiger partial charge in [-0.25, -0.2) is 17.9 Å². The third kappa shape index (κ3) is 6.33. The van der Waals surface area contributed by atoms with Gasteiger partial charge >= 0.3 is 6.09 Å². The van der Waals surface area contributed by atoms with Gasteiger partial charge in [0.2, 0.25) is 10.0 Å². The number of sulfonamides is 1. The van der Waals surface area contributed by atoms with E-state index in [4.69, 9.17) is 27.9 Å². The van der Waals surface area contributed by atoms with Crippen LogP contribution in [0.25, 0.3) is 0 Å². The van der Waals surface area contributed by atoms with Crippen LogP contribution in [0.2, 0.25) is 10.0 Å². The van der Waals surface area contributed by atoms with Gasteiger partial charge in [0.25, 0.3) is 0 Å². The highest BCUT2D eigenvalue weighted by Crippen LogP contribution is 2.35. The number of hydrogen-bond acceptors (Lipinski definition) is 4. The summed E-state index contributed by atoms with van der Waals surface area (Å²) in [6.07, 6.45) is -2.14. The Morgan fingerprint density at radius 1 is 1.34 bits per heavy atom. The van der Waals surface area contributed by atoms with Crippen LogP contribution in [0.15, 0.2) is 30.2 Å². The first-order valence-corrected chi connectivity index (χ1v) is 11.3. The molecule has 0 bridgehead atoms. The molecule has 1 aromatic rings. The van der Waals surface area contributed by atoms with Crippen LogP contribution in [0.3, 0.4) is 0 Å². The van der Waals surface area contributed by atoms with Gasteiger partial charge in [-0.15, -0.1) is 0 Å². The van der Waals surface area contributed by atoms with Crippen LogP contribution in [0.5, 0.6) is 0 Å². The maximum Gasteiger partial charge on any atom is 0.407 e. The Bertz CT molecular complexity index is 870. The predicted octanol–water partition coefficient (Wildman–Crippen LogP) is 3.93. The minimum Gasteiger partial charge on any atom is -0.465 e. The lowest BCUT2D eigenvalue weighted by molar-refractivity contribution is -0.0631. The normalized spacial score (nSPS) is 23.5. The minimum absolute atomic E-state index is 0.0424. The highest BCUT2D eigenvalue weighted by Gasteiger charge is 2.40. The molecular formula is C19H26Cl2N2O5S. The fraction of sp³-hybridized carbons (Fsp3) is 0.526. The van der Waals surface area contributed by atoms with Crippen LogP contribution >= 0.6 is 23.2 Å². The molecule has 1 unspecified atom stereocenters. The SMILES string of the molecule is C=CS(=O)(=O)NC[C@H]1OC(C(C)(C)C)CN(C(=O)O)C[C@H]1c1ccc(Cl)c(Cl)c1. The zero-order valence-corrected chi connectivity index (χ0v) is 18.9. The Hall–Kier alpha value is -1.32. The molecular weight excluding hydrogens is 439 g/mol. The second-order valence-corrected chi connectivity index (χ2v) is 10.6. The Balaban J connectivity index is 2.48. The first-order valence-electron chi connectivity index (χ1n) is 9.04. The first-order chi connectivity index (χ1) is 13.3. The number of hydrogen-bond donors (Lipinski definition) is 2. The molecule has 2 N–H and O–H groups in total. The smallest absolute Gasteiger partial charge is 0.407 e. The molecule has 0 saturated carbocycles. The van der Waals surface area contributed by atoms with Gasteiger partial charge in [-0.05, 0) is 23.1 Å². The summed E-state index contributed by atoms with van der Waals surface area (Å²) in [4.78, 5) is 13.1. The zero-order chi connectivity index (χ0) is 22.0. The summed E-state index contributed by atoms with van der Waals surface area (Å²) in [6, 6.07) is 5.03. The standard InChI is InChI=1S/C19H26Cl2N2O5S/c1-5-29(26,27)22-9-16-13(12-6-7-14(20)15(21)8-12)10-23(18(24)25)11-17(28-16)19(2,3)4/h5-8,13,16-17,22H,1,9-11H2,2-4H3,(H,24,25)/t13-,16+,17?/m0/s1. The molecule has 1 saturated heterocycles. The number of nitrogens with one attached hydrogen (secondary N) is 1. The lowest BCUT2D eigenvalue weighted by atomic mass is 9.88. The molecule has 1 fully saturated rings. The first kappa shape index (κ1) is 24.0. The molecule has 0 aliphatic carbocycles. The molecule has 1 amide bonds. The molecule has 7 nitrogen and oxygen atoms in total. The summed E-state index contributed by atoms with van der Waals surface area (Å²) in [5, 5.41) is 11.2. The van der Waals surface area contributed by atoms with E-state index < -0.39 is 34.2 Å². The Kier molecular flexibility index (Phi) is 7.62. The maximum atomic E-state index is 11.9. The summed E-state index contributed by atoms with van der Waals surface area (Å²) in [7, 11) is -3.68. The fourth-order valence-corrected chi connectivity index (χ4v) is 3.94. The fourth-order valence-electron chi connectivity index (χ4n) is 3.12. The molecule has 1 aliphatic rings. The Morgan fingerprint density at radius 2 is 2.00 bits per heavy atom. The van der Waals surface area contributed by atoms with E-state index in [9.17, 15) is 18.3 Å². The monoisotopic (exact) mass is 464 g/mol. The third-order valence-corrected chi connectivity index (χ3v) is 6.65. The van der Waals surface area contributed by atoms with E-state index in [-0.39, 0.29) is 25.0 Å². The van der Waals surface area contributed by atoms with Crippen molar-refractivity contribution in [1.82, 2.24) is 9.62 Å². The van der Waals surface area contributed by atoms with Gasteiger partial charge in [0.15, 0.2) is 0 Å². The van der Waals surface area contributed by atoms with Crippen molar-refractivity contribution in [3.63, 3.8) is 0 Å². The number of rotatable bonds is 5. The van der Waals surface area contributed by atoms with Crippen molar-refractivity contribution in [3.8, 4) is 0 Å². The van der Waals surface area contributed by atoms with E-state index in [2.05, 4.69) is 11.3 Å². The third-order valence-electron chi connectivity index (χ3n) is 4.90. The molecule has 1 aromatic carbocycles. The minimum atomic E-state index is -3.68. The van der Waals surface area contributed by atoms with Crippen molar-refractivity contribution in [2.45, 2.75) is 38.9 Å².